The third-order valence-corrected chi connectivity index (χ3v) is 2.97. The average molecular weight is 606 g/mol. The van der Waals surface area contributed by atoms with E-state index in [-0.39, 0.29) is 0 Å². The highest BCUT2D eigenvalue weighted by Gasteiger charge is 2.11. The van der Waals surface area contributed by atoms with Crippen LogP contribution in [-0.2, 0) is 0 Å². The second kappa shape index (κ2) is 21.9. The van der Waals surface area contributed by atoms with Crippen LogP contribution in [0.25, 0.3) is 32.7 Å². The van der Waals surface area contributed by atoms with E-state index < -0.39 is 36.9 Å². The number of benzene rings is 2. The van der Waals surface area contributed by atoms with E-state index in [0.717, 1.165) is 16.2 Å². The van der Waals surface area contributed by atoms with E-state index in [9.17, 15) is 0 Å². The summed E-state index contributed by atoms with van der Waals surface area (Å²) in [6.07, 6.45) is -9.33. The summed E-state index contributed by atoms with van der Waals surface area (Å²) in [5.41, 5.74) is 2.04. The molecular weight excluding hydrogens is 588 g/mol. The maximum atomic E-state index is 8.56. The minimum atomic E-state index is -1.83. The molecule has 2 heterocycles. The van der Waals surface area contributed by atoms with E-state index in [2.05, 4.69) is 30.8 Å². The minimum Gasteiger partial charge on any atom is -0.450 e. The zero-order chi connectivity index (χ0) is 33.4. The summed E-state index contributed by atoms with van der Waals surface area (Å²) < 4.78 is 0. The van der Waals surface area contributed by atoms with E-state index in [1.54, 1.807) is 6.20 Å². The van der Waals surface area contributed by atoms with Crippen molar-refractivity contribution in [2.45, 2.75) is 0 Å². The number of aromatic nitrogens is 6. The normalized spacial score (nSPS) is 8.29. The molecule has 0 saturated heterocycles. The first-order valence-corrected chi connectivity index (χ1v) is 9.34. The van der Waals surface area contributed by atoms with Gasteiger partial charge in [0.2, 0.25) is 0 Å². The Morgan fingerprint density at radius 2 is 0.690 bits per heavy atom. The fraction of sp³-hybridized carbons (Fsp3) is 0. The average Bonchev–Trinajstić information content (AvgIpc) is 2.82. The lowest BCUT2D eigenvalue weighted by molar-refractivity contribution is 0.135. The second-order valence-corrected chi connectivity index (χ2v) is 5.61. The SMILES string of the molecule is O=C(O)O.O=C(O)O.O=C(O)O.O=C(O)O.O=C(O)O.O=C(O)O.c1ccc2c(c1)c1ccnnc1c1nnnnc21. The van der Waals surface area contributed by atoms with Crippen molar-refractivity contribution in [1.82, 2.24) is 30.8 Å². The molecule has 4 aromatic rings. The Bertz CT molecular complexity index is 1150. The van der Waals surface area contributed by atoms with Crippen LogP contribution in [0.3, 0.4) is 0 Å². The summed E-state index contributed by atoms with van der Waals surface area (Å²) in [4.78, 5) is 51.3. The van der Waals surface area contributed by atoms with Crippen LogP contribution < -0.4 is 0 Å². The van der Waals surface area contributed by atoms with Crippen LogP contribution in [0.5, 0.6) is 0 Å². The van der Waals surface area contributed by atoms with E-state index in [0.29, 0.717) is 16.6 Å². The lowest BCUT2D eigenvalue weighted by Crippen LogP contribution is -1.96. The third kappa shape index (κ3) is 23.3. The molecular formula is C18H18N6O18. The van der Waals surface area contributed by atoms with Gasteiger partial charge in [-0.15, -0.1) is 15.3 Å². The molecule has 24 heteroatoms. The molecule has 0 unspecified atom stereocenters. The molecule has 42 heavy (non-hydrogen) atoms. The fourth-order valence-corrected chi connectivity index (χ4v) is 2.21. The predicted octanol–water partition coefficient (Wildman–Crippen LogP) is 2.85. The molecule has 0 aliphatic carbocycles. The van der Waals surface area contributed by atoms with Crippen LogP contribution in [-0.4, -0.2) is 129 Å². The van der Waals surface area contributed by atoms with Gasteiger partial charge in [-0.25, -0.2) is 28.8 Å². The second-order valence-electron chi connectivity index (χ2n) is 5.61. The highest BCUT2D eigenvalue weighted by Crippen LogP contribution is 2.30. The van der Waals surface area contributed by atoms with Crippen LogP contribution in [0, 0.1) is 0 Å². The Balaban J connectivity index is -0.000000526. The molecule has 2 aromatic carbocycles. The van der Waals surface area contributed by atoms with Gasteiger partial charge in [-0.1, -0.05) is 24.3 Å². The van der Waals surface area contributed by atoms with Crippen molar-refractivity contribution in [3.63, 3.8) is 0 Å². The maximum Gasteiger partial charge on any atom is 0.503 e. The van der Waals surface area contributed by atoms with Gasteiger partial charge < -0.3 is 61.3 Å². The topological polar surface area (TPSA) is 423 Å². The van der Waals surface area contributed by atoms with Gasteiger partial charge in [0.05, 0.1) is 6.20 Å². The quantitative estimate of drug-likeness (QED) is 0.128. The van der Waals surface area contributed by atoms with Crippen molar-refractivity contribution in [2.75, 3.05) is 0 Å². The standard InChI is InChI=1S/C12H6N6.6CH2O3/c1-2-4-8-7(3-1)9-5-6-13-14-10(9)12-11(8)15-17-18-16-12;6*2-1(3)4/h1-6H;6*(H2,2,3,4). The number of fused-ring (bicyclic) bond motifs is 6. The largest absolute Gasteiger partial charge is 0.503 e. The third-order valence-electron chi connectivity index (χ3n) is 2.97. The molecule has 2 aromatic heterocycles. The summed E-state index contributed by atoms with van der Waals surface area (Å²) in [5, 5.41) is 110. The molecule has 0 bridgehead atoms. The Kier molecular flexibility index (Phi) is 20.5. The molecule has 0 aliphatic heterocycles. The first-order valence-electron chi connectivity index (χ1n) is 9.34. The number of hydrogen-bond donors (Lipinski definition) is 12. The first-order chi connectivity index (χ1) is 19.3. The van der Waals surface area contributed by atoms with Crippen LogP contribution in [0.4, 0.5) is 28.8 Å². The van der Waals surface area contributed by atoms with Gasteiger partial charge in [0.25, 0.3) is 0 Å². The molecule has 0 atom stereocenters. The molecule has 12 N–H and O–H groups in total. The Morgan fingerprint density at radius 1 is 0.405 bits per heavy atom. The van der Waals surface area contributed by atoms with Gasteiger partial charge in [-0.2, -0.15) is 5.10 Å². The van der Waals surface area contributed by atoms with Crippen LogP contribution >= 0.6 is 0 Å². The van der Waals surface area contributed by atoms with Crippen molar-refractivity contribution >= 4 is 69.6 Å². The zero-order valence-corrected chi connectivity index (χ0v) is 20.0. The maximum absolute atomic E-state index is 8.56. The van der Waals surface area contributed by atoms with Gasteiger partial charge in [0, 0.05) is 10.8 Å². The van der Waals surface area contributed by atoms with Gasteiger partial charge in [-0.05, 0) is 21.9 Å². The Hall–Kier alpha value is -7.14. The monoisotopic (exact) mass is 606 g/mol. The van der Waals surface area contributed by atoms with Gasteiger partial charge in [0.1, 0.15) is 16.6 Å². The van der Waals surface area contributed by atoms with Crippen molar-refractivity contribution in [3.05, 3.63) is 36.5 Å². The summed E-state index contributed by atoms with van der Waals surface area (Å²) in [7, 11) is 0. The Morgan fingerprint density at radius 3 is 1.07 bits per heavy atom. The lowest BCUT2D eigenvalue weighted by Gasteiger charge is -2.04. The summed E-state index contributed by atoms with van der Waals surface area (Å²) in [6.45, 7) is 0. The minimum absolute atomic E-state index is 0.631. The van der Waals surface area contributed by atoms with Crippen molar-refractivity contribution in [3.8, 4) is 0 Å². The summed E-state index contributed by atoms with van der Waals surface area (Å²) in [6, 6.07) is 9.89. The van der Waals surface area contributed by atoms with Crippen LogP contribution in [0.1, 0.15) is 0 Å². The van der Waals surface area contributed by atoms with Gasteiger partial charge in [0.15, 0.2) is 0 Å². The molecule has 24 nitrogen and oxygen atoms in total. The lowest BCUT2D eigenvalue weighted by atomic mass is 10.0. The summed E-state index contributed by atoms with van der Waals surface area (Å²) in [5.74, 6) is 0. The van der Waals surface area contributed by atoms with Crippen molar-refractivity contribution in [1.29, 1.82) is 0 Å². The smallest absolute Gasteiger partial charge is 0.450 e. The molecule has 228 valence electrons. The Labute approximate surface area is 227 Å². The summed E-state index contributed by atoms with van der Waals surface area (Å²) >= 11 is 0. The first kappa shape index (κ1) is 39.4. The number of rotatable bonds is 0. The molecule has 0 aliphatic rings. The molecule has 0 radical (unpaired) electrons. The molecule has 0 fully saturated rings. The van der Waals surface area contributed by atoms with Crippen LogP contribution in [0.2, 0.25) is 0 Å². The molecule has 0 amide bonds. The number of carboxylic acid groups (broad SMARTS) is 12. The van der Waals surface area contributed by atoms with Gasteiger partial charge in [-0.3, -0.25) is 0 Å². The van der Waals surface area contributed by atoms with E-state index in [1.165, 1.54) is 0 Å². The van der Waals surface area contributed by atoms with Crippen LogP contribution in [0.15, 0.2) is 36.5 Å². The van der Waals surface area contributed by atoms with E-state index >= 15 is 0 Å². The zero-order valence-electron chi connectivity index (χ0n) is 20.0. The number of nitrogens with zero attached hydrogens (tertiary/aromatic N) is 6. The van der Waals surface area contributed by atoms with E-state index in [1.807, 2.05) is 30.3 Å². The van der Waals surface area contributed by atoms with E-state index in [4.69, 9.17) is 90.0 Å². The molecule has 0 spiro atoms. The van der Waals surface area contributed by atoms with Crippen molar-refractivity contribution in [2.24, 2.45) is 0 Å². The molecule has 4 rings (SSSR count). The fourth-order valence-electron chi connectivity index (χ4n) is 2.21. The van der Waals surface area contributed by atoms with Crippen molar-refractivity contribution < 1.29 is 90.0 Å². The number of hydrogen-bond acceptors (Lipinski definition) is 12. The highest BCUT2D eigenvalue weighted by atomic mass is 16.6. The molecule has 0 saturated carbocycles. The highest BCUT2D eigenvalue weighted by molar-refractivity contribution is 6.21. The predicted molar refractivity (Wildman–Crippen MR) is 130 cm³/mol. The number of carbonyl (C=O) groups is 6. The van der Waals surface area contributed by atoms with Gasteiger partial charge >= 0.3 is 36.9 Å².